The first-order chi connectivity index (χ1) is 20.1. The average Bonchev–Trinajstić information content (AvgIpc) is 3.42. The van der Waals surface area contributed by atoms with Crippen LogP contribution >= 0.6 is 11.6 Å². The van der Waals surface area contributed by atoms with E-state index < -0.39 is 23.7 Å². The van der Waals surface area contributed by atoms with Crippen LogP contribution in [0, 0.1) is 0 Å². The fourth-order valence-corrected chi connectivity index (χ4v) is 4.44. The van der Waals surface area contributed by atoms with E-state index in [0.29, 0.717) is 12.4 Å². The van der Waals surface area contributed by atoms with Crippen LogP contribution in [0.5, 0.6) is 0 Å². The first-order valence-electron chi connectivity index (χ1n) is 12.9. The van der Waals surface area contributed by atoms with Crippen LogP contribution < -0.4 is 15.5 Å². The smallest absolute Gasteiger partial charge is 0.340 e. The van der Waals surface area contributed by atoms with Gasteiger partial charge in [-0.3, -0.25) is 19.3 Å². The number of hydrogen-bond donors (Lipinski definition) is 2. The molecule has 1 unspecified atom stereocenters. The molecule has 1 atom stereocenters. The van der Waals surface area contributed by atoms with Crippen LogP contribution in [0.25, 0.3) is 5.69 Å². The van der Waals surface area contributed by atoms with Gasteiger partial charge in [0.15, 0.2) is 0 Å². The van der Waals surface area contributed by atoms with Crippen molar-refractivity contribution in [1.29, 1.82) is 0 Å². The molecular formula is C30H27ClF3N5O3. The molecule has 0 bridgehead atoms. The Bertz CT molecular complexity index is 1540. The molecule has 0 aliphatic carbocycles. The summed E-state index contributed by atoms with van der Waals surface area (Å²) in [5.74, 6) is -0.636. The summed E-state index contributed by atoms with van der Waals surface area (Å²) in [4.78, 5) is 37.9. The van der Waals surface area contributed by atoms with Gasteiger partial charge < -0.3 is 10.6 Å². The van der Waals surface area contributed by atoms with Crippen molar-refractivity contribution < 1.29 is 27.6 Å². The molecule has 12 heteroatoms. The number of anilines is 2. The van der Waals surface area contributed by atoms with Gasteiger partial charge in [0.2, 0.25) is 5.91 Å². The van der Waals surface area contributed by atoms with Crippen molar-refractivity contribution in [2.45, 2.75) is 25.6 Å². The Hall–Kier alpha value is -4.64. The highest BCUT2D eigenvalue weighted by Gasteiger charge is 2.37. The zero-order chi connectivity index (χ0) is 30.3. The summed E-state index contributed by atoms with van der Waals surface area (Å²) in [6, 6.07) is 21.8. The number of para-hydroxylation sites is 2. The van der Waals surface area contributed by atoms with Crippen molar-refractivity contribution in [3.8, 4) is 5.69 Å². The largest absolute Gasteiger partial charge is 0.416 e. The number of nitrogens with zero attached hydrogens (tertiary/aromatic N) is 3. The van der Waals surface area contributed by atoms with E-state index in [1.54, 1.807) is 17.8 Å². The minimum atomic E-state index is -4.56. The van der Waals surface area contributed by atoms with E-state index in [0.717, 1.165) is 29.1 Å². The van der Waals surface area contributed by atoms with E-state index in [2.05, 4.69) is 15.7 Å². The molecule has 1 aliphatic heterocycles. The van der Waals surface area contributed by atoms with E-state index in [1.807, 2.05) is 60.7 Å². The molecule has 8 nitrogen and oxygen atoms in total. The summed E-state index contributed by atoms with van der Waals surface area (Å²) in [5, 5.41) is 9.60. The van der Waals surface area contributed by atoms with Gasteiger partial charge in [0, 0.05) is 29.8 Å². The van der Waals surface area contributed by atoms with Gasteiger partial charge in [-0.25, -0.2) is 4.68 Å². The average molecular weight is 598 g/mol. The van der Waals surface area contributed by atoms with Crippen molar-refractivity contribution in [2.24, 2.45) is 0 Å². The van der Waals surface area contributed by atoms with Crippen molar-refractivity contribution >= 4 is 40.8 Å². The Kier molecular flexibility index (Phi) is 9.64. The molecule has 0 saturated carbocycles. The number of likely N-dealkylation sites (N-methyl/N-ethyl adjacent to an activating group) is 1. The highest BCUT2D eigenvalue weighted by atomic mass is 35.5. The van der Waals surface area contributed by atoms with Crippen LogP contribution in [0.15, 0.2) is 91.1 Å². The fraction of sp³-hybridized carbons (Fsp3) is 0.200. The molecule has 218 valence electrons. The van der Waals surface area contributed by atoms with E-state index in [9.17, 15) is 27.6 Å². The molecule has 0 radical (unpaired) electrons. The van der Waals surface area contributed by atoms with Crippen LogP contribution in [0.4, 0.5) is 24.7 Å². The molecule has 1 aromatic heterocycles. The number of fused-ring (bicyclic) bond motifs is 1. The standard InChI is InChI=1S/C22H19F3N4O2.C8H8ClNO/c1-2-28-20-15(13-26-29(20)17-9-4-3-5-10-17)12-18(21(28)31)27-19(30)14-7-6-8-16(11-14)22(23,24)25;9-6-8(11)10-7-4-2-1-3-5-7/h3-11,13,18H,2,12H2,1H3,(H,27,30);1-5H,6H2,(H,10,11). The lowest BCUT2D eigenvalue weighted by atomic mass is 10.0. The molecule has 0 fully saturated rings. The number of carbonyl (C=O) groups is 3. The minimum Gasteiger partial charge on any atom is -0.340 e. The number of halogens is 4. The van der Waals surface area contributed by atoms with Gasteiger partial charge >= 0.3 is 6.18 Å². The third kappa shape index (κ3) is 7.16. The SMILES string of the molecule is CCN1C(=O)C(NC(=O)c2cccc(C(F)(F)F)c2)Cc2cnn(-c3ccccc3)c21.O=C(CCl)Nc1ccccc1. The Morgan fingerprint density at radius 1 is 1.00 bits per heavy atom. The van der Waals surface area contributed by atoms with Crippen molar-refractivity contribution in [2.75, 3.05) is 22.6 Å². The number of carbonyl (C=O) groups excluding carboxylic acids is 3. The summed E-state index contributed by atoms with van der Waals surface area (Å²) < 4.78 is 40.5. The Labute approximate surface area is 245 Å². The van der Waals surface area contributed by atoms with Crippen LogP contribution in [0.1, 0.15) is 28.4 Å². The molecule has 3 aromatic carbocycles. The number of nitrogens with one attached hydrogen (secondary N) is 2. The lowest BCUT2D eigenvalue weighted by Gasteiger charge is -2.32. The summed E-state index contributed by atoms with van der Waals surface area (Å²) in [6.45, 7) is 2.15. The molecular weight excluding hydrogens is 571 g/mol. The molecule has 1 aliphatic rings. The lowest BCUT2D eigenvalue weighted by Crippen LogP contribution is -2.53. The molecule has 0 spiro atoms. The van der Waals surface area contributed by atoms with Gasteiger partial charge in [-0.2, -0.15) is 18.3 Å². The third-order valence-corrected chi connectivity index (χ3v) is 6.56. The van der Waals surface area contributed by atoms with Gasteiger partial charge in [0.1, 0.15) is 17.7 Å². The van der Waals surface area contributed by atoms with Crippen LogP contribution in [0.2, 0.25) is 0 Å². The van der Waals surface area contributed by atoms with Gasteiger partial charge in [-0.05, 0) is 49.4 Å². The van der Waals surface area contributed by atoms with Crippen LogP contribution in [-0.4, -0.2) is 46.0 Å². The summed E-state index contributed by atoms with van der Waals surface area (Å²) in [7, 11) is 0. The van der Waals surface area contributed by atoms with Gasteiger partial charge in [0.05, 0.1) is 17.4 Å². The number of alkyl halides is 4. The minimum absolute atomic E-state index is 0.00507. The van der Waals surface area contributed by atoms with E-state index >= 15 is 0 Å². The number of amides is 3. The maximum atomic E-state index is 13.1. The molecule has 2 N–H and O–H groups in total. The van der Waals surface area contributed by atoms with E-state index in [-0.39, 0.29) is 29.7 Å². The molecule has 5 rings (SSSR count). The second-order valence-corrected chi connectivity index (χ2v) is 9.45. The highest BCUT2D eigenvalue weighted by Crippen LogP contribution is 2.31. The number of hydrogen-bond acceptors (Lipinski definition) is 4. The van der Waals surface area contributed by atoms with Crippen molar-refractivity contribution in [1.82, 2.24) is 15.1 Å². The summed E-state index contributed by atoms with van der Waals surface area (Å²) in [6.07, 6.45) is -2.72. The molecule has 42 heavy (non-hydrogen) atoms. The predicted octanol–water partition coefficient (Wildman–Crippen LogP) is 5.46. The number of aromatic nitrogens is 2. The number of rotatable bonds is 6. The maximum absolute atomic E-state index is 13.1. The van der Waals surface area contributed by atoms with Crippen LogP contribution in [-0.2, 0) is 22.2 Å². The topological polar surface area (TPSA) is 96.3 Å². The lowest BCUT2D eigenvalue weighted by molar-refractivity contribution is -0.137. The monoisotopic (exact) mass is 597 g/mol. The Morgan fingerprint density at radius 3 is 2.29 bits per heavy atom. The Morgan fingerprint density at radius 2 is 1.67 bits per heavy atom. The first kappa shape index (κ1) is 30.3. The molecule has 3 amide bonds. The Balaban J connectivity index is 0.000000310. The van der Waals surface area contributed by atoms with Crippen molar-refractivity contribution in [3.63, 3.8) is 0 Å². The van der Waals surface area contributed by atoms with Gasteiger partial charge in [-0.1, -0.05) is 42.5 Å². The summed E-state index contributed by atoms with van der Waals surface area (Å²) >= 11 is 5.29. The van der Waals surface area contributed by atoms with Gasteiger partial charge in [0.25, 0.3) is 11.8 Å². The van der Waals surface area contributed by atoms with Crippen LogP contribution in [0.3, 0.4) is 0 Å². The normalized spacial score (nSPS) is 14.4. The summed E-state index contributed by atoms with van der Waals surface area (Å²) in [5.41, 5.74) is 1.26. The maximum Gasteiger partial charge on any atom is 0.416 e. The second kappa shape index (κ2) is 13.3. The second-order valence-electron chi connectivity index (χ2n) is 9.18. The molecule has 2 heterocycles. The quantitative estimate of drug-likeness (QED) is 0.289. The zero-order valence-corrected chi connectivity index (χ0v) is 23.2. The first-order valence-corrected chi connectivity index (χ1v) is 13.5. The fourth-order valence-electron chi connectivity index (χ4n) is 4.38. The van der Waals surface area contributed by atoms with E-state index in [4.69, 9.17) is 11.6 Å². The number of benzene rings is 3. The highest BCUT2D eigenvalue weighted by molar-refractivity contribution is 6.29. The van der Waals surface area contributed by atoms with Gasteiger partial charge in [-0.15, -0.1) is 11.6 Å². The van der Waals surface area contributed by atoms with Crippen molar-refractivity contribution in [3.05, 3.63) is 108 Å². The molecule has 0 saturated heterocycles. The zero-order valence-electron chi connectivity index (χ0n) is 22.4. The predicted molar refractivity (Wildman–Crippen MR) is 154 cm³/mol. The molecule has 4 aromatic rings. The third-order valence-electron chi connectivity index (χ3n) is 6.31. The van der Waals surface area contributed by atoms with E-state index in [1.165, 1.54) is 17.0 Å².